The van der Waals surface area contributed by atoms with Gasteiger partial charge in [-0.1, -0.05) is 17.7 Å². The molecule has 2 nitrogen and oxygen atoms in total. The quantitative estimate of drug-likeness (QED) is 0.766. The largest absolute Gasteiger partial charge is 0.416 e. The van der Waals surface area contributed by atoms with Crippen molar-refractivity contribution >= 4 is 18.0 Å². The third-order valence-electron chi connectivity index (χ3n) is 2.56. The molecule has 1 unspecified atom stereocenters. The third-order valence-corrected chi connectivity index (χ3v) is 2.88. The van der Waals surface area contributed by atoms with E-state index in [9.17, 15) is 18.0 Å². The first kappa shape index (κ1) is 13.8. The first-order chi connectivity index (χ1) is 7.77. The van der Waals surface area contributed by atoms with Gasteiger partial charge in [0.05, 0.1) is 11.6 Å². The Labute approximate surface area is 102 Å². The second-order valence-corrected chi connectivity index (χ2v) is 4.09. The minimum Gasteiger partial charge on any atom is -0.342 e. The second-order valence-electron chi connectivity index (χ2n) is 3.68. The molecular weight excluding hydrogens is 255 g/mol. The molecular formula is C11H11ClF3NO. The van der Waals surface area contributed by atoms with Crippen LogP contribution in [-0.4, -0.2) is 18.4 Å². The van der Waals surface area contributed by atoms with E-state index in [2.05, 4.69) is 0 Å². The molecule has 0 bridgehead atoms. The lowest BCUT2D eigenvalue weighted by Gasteiger charge is -2.22. The normalized spacial score (nSPS) is 13.3. The average Bonchev–Trinajstić information content (AvgIpc) is 2.25. The Kier molecular flexibility index (Phi) is 4.03. The van der Waals surface area contributed by atoms with Crippen molar-refractivity contribution in [1.82, 2.24) is 4.90 Å². The van der Waals surface area contributed by atoms with E-state index in [4.69, 9.17) is 11.6 Å². The van der Waals surface area contributed by atoms with Crippen LogP contribution in [0.15, 0.2) is 18.2 Å². The summed E-state index contributed by atoms with van der Waals surface area (Å²) < 4.78 is 37.2. The van der Waals surface area contributed by atoms with Crippen LogP contribution in [0.1, 0.15) is 24.1 Å². The summed E-state index contributed by atoms with van der Waals surface area (Å²) in [6, 6.07) is 2.74. The van der Waals surface area contributed by atoms with E-state index < -0.39 is 11.7 Å². The molecule has 0 saturated heterocycles. The molecule has 0 aliphatic heterocycles. The Bertz CT molecular complexity index is 420. The van der Waals surface area contributed by atoms with E-state index in [0.29, 0.717) is 12.0 Å². The van der Waals surface area contributed by atoms with Gasteiger partial charge in [-0.25, -0.2) is 0 Å². The van der Waals surface area contributed by atoms with Gasteiger partial charge in [-0.3, -0.25) is 4.79 Å². The fourth-order valence-corrected chi connectivity index (χ4v) is 1.69. The minimum atomic E-state index is -4.41. The highest BCUT2D eigenvalue weighted by molar-refractivity contribution is 6.31. The molecule has 17 heavy (non-hydrogen) atoms. The molecule has 0 aliphatic carbocycles. The number of amides is 1. The maximum atomic E-state index is 12.4. The van der Waals surface area contributed by atoms with Crippen molar-refractivity contribution in [3.63, 3.8) is 0 Å². The van der Waals surface area contributed by atoms with E-state index in [1.54, 1.807) is 6.92 Å². The summed E-state index contributed by atoms with van der Waals surface area (Å²) >= 11 is 5.79. The van der Waals surface area contributed by atoms with Crippen LogP contribution in [0.4, 0.5) is 13.2 Å². The average molecular weight is 266 g/mol. The van der Waals surface area contributed by atoms with E-state index in [1.165, 1.54) is 18.0 Å². The number of hydrogen-bond acceptors (Lipinski definition) is 1. The Balaban J connectivity index is 3.10. The van der Waals surface area contributed by atoms with Crippen molar-refractivity contribution in [3.8, 4) is 0 Å². The van der Waals surface area contributed by atoms with Crippen molar-refractivity contribution in [3.05, 3.63) is 34.3 Å². The molecule has 1 atom stereocenters. The smallest absolute Gasteiger partial charge is 0.342 e. The number of benzene rings is 1. The topological polar surface area (TPSA) is 20.3 Å². The minimum absolute atomic E-state index is 0.000949. The summed E-state index contributed by atoms with van der Waals surface area (Å²) in [5, 5.41) is 0.000949. The summed E-state index contributed by atoms with van der Waals surface area (Å²) in [5.41, 5.74) is -0.318. The highest BCUT2D eigenvalue weighted by Crippen LogP contribution is 2.34. The maximum absolute atomic E-state index is 12.4. The van der Waals surface area contributed by atoms with Crippen molar-refractivity contribution in [2.75, 3.05) is 7.05 Å². The first-order valence-electron chi connectivity index (χ1n) is 4.81. The first-order valence-corrected chi connectivity index (χ1v) is 5.19. The van der Waals surface area contributed by atoms with Crippen LogP contribution in [0.5, 0.6) is 0 Å². The molecule has 6 heteroatoms. The number of carbonyl (C=O) groups excluding carboxylic acids is 1. The van der Waals surface area contributed by atoms with Gasteiger partial charge in [-0.2, -0.15) is 13.2 Å². The number of halogens is 4. The fourth-order valence-electron chi connectivity index (χ4n) is 1.35. The van der Waals surface area contributed by atoms with Crippen LogP contribution in [0.3, 0.4) is 0 Å². The van der Waals surface area contributed by atoms with Crippen molar-refractivity contribution in [1.29, 1.82) is 0 Å². The van der Waals surface area contributed by atoms with Crippen LogP contribution in [-0.2, 0) is 11.0 Å². The Morgan fingerprint density at radius 2 is 2.00 bits per heavy atom. The predicted octanol–water partition coefficient (Wildman–Crippen LogP) is 3.51. The van der Waals surface area contributed by atoms with Gasteiger partial charge in [0.1, 0.15) is 0 Å². The van der Waals surface area contributed by atoms with E-state index in [0.717, 1.165) is 12.1 Å². The van der Waals surface area contributed by atoms with E-state index in [-0.39, 0.29) is 11.1 Å². The number of carbonyl (C=O) groups is 1. The zero-order chi connectivity index (χ0) is 13.2. The standard InChI is InChI=1S/C11H11ClF3NO/c1-7(16(2)6-17)9-4-3-8(5-10(9)12)11(13,14)15/h3-7H,1-2H3. The van der Waals surface area contributed by atoms with Crippen molar-refractivity contribution in [2.45, 2.75) is 19.1 Å². The molecule has 1 rings (SSSR count). The fraction of sp³-hybridized carbons (Fsp3) is 0.364. The number of rotatable bonds is 3. The summed E-state index contributed by atoms with van der Waals surface area (Å²) in [5.74, 6) is 0. The van der Waals surface area contributed by atoms with Gasteiger partial charge in [0.25, 0.3) is 0 Å². The van der Waals surface area contributed by atoms with Crippen LogP contribution in [0.25, 0.3) is 0 Å². The van der Waals surface area contributed by atoms with Crippen molar-refractivity contribution in [2.24, 2.45) is 0 Å². The molecule has 94 valence electrons. The molecule has 0 aliphatic rings. The van der Waals surface area contributed by atoms with Crippen molar-refractivity contribution < 1.29 is 18.0 Å². The maximum Gasteiger partial charge on any atom is 0.416 e. The van der Waals surface area contributed by atoms with Crippen LogP contribution >= 0.6 is 11.6 Å². The SMILES string of the molecule is CC(c1ccc(C(F)(F)F)cc1Cl)N(C)C=O. The van der Waals surface area contributed by atoms with Gasteiger partial charge in [-0.05, 0) is 24.6 Å². The molecule has 1 amide bonds. The lowest BCUT2D eigenvalue weighted by molar-refractivity contribution is -0.137. The summed E-state index contributed by atoms with van der Waals surface area (Å²) in [7, 11) is 1.53. The molecule has 0 fully saturated rings. The lowest BCUT2D eigenvalue weighted by atomic mass is 10.1. The number of hydrogen-bond donors (Lipinski definition) is 0. The second kappa shape index (κ2) is 4.96. The number of nitrogens with zero attached hydrogens (tertiary/aromatic N) is 1. The Hall–Kier alpha value is -1.23. The van der Waals surface area contributed by atoms with Gasteiger partial charge in [0, 0.05) is 12.1 Å². The molecule has 0 aromatic heterocycles. The van der Waals surface area contributed by atoms with Crippen LogP contribution < -0.4 is 0 Å². The molecule has 0 heterocycles. The van der Waals surface area contributed by atoms with E-state index in [1.807, 2.05) is 0 Å². The summed E-state index contributed by atoms with van der Waals surface area (Å²) in [6.45, 7) is 1.68. The molecule has 0 radical (unpaired) electrons. The van der Waals surface area contributed by atoms with Gasteiger partial charge in [0.15, 0.2) is 0 Å². The summed E-state index contributed by atoms with van der Waals surface area (Å²) in [6.07, 6.45) is -3.82. The zero-order valence-corrected chi connectivity index (χ0v) is 10.0. The Morgan fingerprint density at radius 3 is 2.41 bits per heavy atom. The van der Waals surface area contributed by atoms with Gasteiger partial charge >= 0.3 is 6.18 Å². The molecule has 0 saturated carbocycles. The molecule has 1 aromatic rings. The van der Waals surface area contributed by atoms with Crippen LogP contribution in [0.2, 0.25) is 5.02 Å². The summed E-state index contributed by atoms with van der Waals surface area (Å²) in [4.78, 5) is 11.9. The zero-order valence-electron chi connectivity index (χ0n) is 9.25. The molecule has 1 aromatic carbocycles. The predicted molar refractivity (Wildman–Crippen MR) is 58.7 cm³/mol. The monoisotopic (exact) mass is 265 g/mol. The van der Waals surface area contributed by atoms with Gasteiger partial charge in [-0.15, -0.1) is 0 Å². The Morgan fingerprint density at radius 1 is 1.41 bits per heavy atom. The lowest BCUT2D eigenvalue weighted by Crippen LogP contribution is -2.20. The highest BCUT2D eigenvalue weighted by atomic mass is 35.5. The number of alkyl halides is 3. The van der Waals surface area contributed by atoms with Crippen LogP contribution in [0, 0.1) is 0 Å². The molecule has 0 N–H and O–H groups in total. The molecule has 0 spiro atoms. The highest BCUT2D eigenvalue weighted by Gasteiger charge is 2.31. The van der Waals surface area contributed by atoms with E-state index >= 15 is 0 Å². The van der Waals surface area contributed by atoms with Gasteiger partial charge in [0.2, 0.25) is 6.41 Å². The third kappa shape index (κ3) is 3.12. The van der Waals surface area contributed by atoms with Gasteiger partial charge < -0.3 is 4.90 Å².